The smallest absolute Gasteiger partial charge is 0.309 e. The molecule has 0 N–H and O–H groups in total. The number of halogens is 1. The Morgan fingerprint density at radius 2 is 1.00 bits per heavy atom. The van der Waals surface area contributed by atoms with E-state index in [0.717, 1.165) is 12.4 Å². The van der Waals surface area contributed by atoms with E-state index in [-0.39, 0.29) is 21.2 Å². The van der Waals surface area contributed by atoms with Gasteiger partial charge in [0.05, 0.1) is 6.61 Å². The molecule has 1 rings (SSSR count). The Morgan fingerprint density at radius 1 is 0.593 bits per heavy atom. The zero-order valence-corrected chi connectivity index (χ0v) is 20.3. The minimum Gasteiger partial charge on any atom is -0.494 e. The monoisotopic (exact) mass is 487 g/mol. The lowest BCUT2D eigenvalue weighted by molar-refractivity contribution is -0.597. The van der Waals surface area contributed by atoms with Crippen LogP contribution in [0.25, 0.3) is 0 Å². The van der Waals surface area contributed by atoms with Crippen molar-refractivity contribution < 1.29 is 25.9 Å². The zero-order valence-electron chi connectivity index (χ0n) is 18.1. The van der Waals surface area contributed by atoms with E-state index in [1.807, 2.05) is 0 Å². The molecule has 1 aromatic rings. The quantitative estimate of drug-likeness (QED) is 0.148. The van der Waals surface area contributed by atoms with Gasteiger partial charge in [0.2, 0.25) is 0 Å². The van der Waals surface area contributed by atoms with Crippen LogP contribution in [0.5, 0.6) is 5.75 Å². The summed E-state index contributed by atoms with van der Waals surface area (Å²) in [6, 6.07) is 8.70. The van der Waals surface area contributed by atoms with Crippen molar-refractivity contribution >= 4 is 0 Å². The maximum Gasteiger partial charge on any atom is 0.309 e. The van der Waals surface area contributed by atoms with Crippen molar-refractivity contribution in [2.45, 2.75) is 110 Å². The highest BCUT2D eigenvalue weighted by Crippen LogP contribution is 2.14. The molecule has 0 aliphatic carbocycles. The van der Waals surface area contributed by atoms with Crippen molar-refractivity contribution in [3.8, 4) is 5.75 Å². The van der Waals surface area contributed by atoms with Gasteiger partial charge in [0.25, 0.3) is 0 Å². The van der Waals surface area contributed by atoms with Crippen LogP contribution in [-0.4, -0.2) is 11.5 Å². The van der Waals surface area contributed by atoms with E-state index in [9.17, 15) is 0 Å². The molecular weight excluding hydrogens is 443 g/mol. The Labute approximate surface area is 180 Å². The molecule has 0 saturated carbocycles. The maximum absolute atomic E-state index is 5.84. The normalized spacial score (nSPS) is 11.0. The fourth-order valence-electron chi connectivity index (χ4n) is 3.50. The number of ether oxygens (including phenoxy) is 1. The zero-order chi connectivity index (χ0) is 19.4. The van der Waals surface area contributed by atoms with Crippen LogP contribution in [0.2, 0.25) is 0 Å². The summed E-state index contributed by atoms with van der Waals surface area (Å²) in [5.74, 6) is 1.04. The topological polar surface area (TPSA) is 9.23 Å². The van der Waals surface area contributed by atoms with Gasteiger partial charge in [-0.1, -0.05) is 103 Å². The highest BCUT2D eigenvalue weighted by Gasteiger charge is 2.03. The summed E-state index contributed by atoms with van der Waals surface area (Å²) in [6.07, 6.45) is 22.7. The fourth-order valence-corrected chi connectivity index (χ4v) is 4.58. The van der Waals surface area contributed by atoms with E-state index >= 15 is 0 Å². The maximum atomic E-state index is 5.84. The van der Waals surface area contributed by atoms with Gasteiger partial charge >= 0.3 is 21.2 Å². The second kappa shape index (κ2) is 19.1. The first kappa shape index (κ1) is 24.8. The predicted molar refractivity (Wildman–Crippen MR) is 116 cm³/mol. The molecule has 0 atom stereocenters. The predicted octanol–water partition coefficient (Wildman–Crippen LogP) is 5.22. The first-order valence-corrected chi connectivity index (χ1v) is 14.8. The Kier molecular flexibility index (Phi) is 17.5. The Morgan fingerprint density at radius 3 is 1.41 bits per heavy atom. The molecule has 156 valence electrons. The summed E-state index contributed by atoms with van der Waals surface area (Å²) in [6.45, 7) is 3.17. The average Bonchev–Trinajstić information content (AvgIpc) is 2.70. The number of hydrogen-bond acceptors (Lipinski definition) is 1. The lowest BCUT2D eigenvalue weighted by atomic mass is 10.0. The number of rotatable bonds is 19. The SMILES string of the molecule is CCCCCCCCCCCCCCCCCCOc1ccc([I+]C)cc1. The lowest BCUT2D eigenvalue weighted by Crippen LogP contribution is -3.60. The van der Waals surface area contributed by atoms with Gasteiger partial charge in [-0.15, -0.1) is 0 Å². The van der Waals surface area contributed by atoms with Gasteiger partial charge in [-0.05, 0) is 30.7 Å². The van der Waals surface area contributed by atoms with Crippen molar-refractivity contribution in [1.29, 1.82) is 0 Å². The third-order valence-corrected chi connectivity index (χ3v) is 7.26. The van der Waals surface area contributed by atoms with E-state index in [1.165, 1.54) is 106 Å². The van der Waals surface area contributed by atoms with Crippen molar-refractivity contribution in [2.75, 3.05) is 11.5 Å². The minimum atomic E-state index is 0.204. The fraction of sp³-hybridized carbons (Fsp3) is 0.760. The van der Waals surface area contributed by atoms with Gasteiger partial charge in [0.15, 0.2) is 3.57 Å². The molecule has 1 aromatic carbocycles. The standard InChI is InChI=1S/C25H44IO/c1-3-4-5-6-7-8-9-10-11-12-13-14-15-16-17-18-23-27-25-21-19-24(26-2)20-22-25/h19-22H,3-18,23H2,1-2H3/q+1. The van der Waals surface area contributed by atoms with Crippen molar-refractivity contribution in [3.05, 3.63) is 27.8 Å². The third-order valence-electron chi connectivity index (χ3n) is 5.30. The summed E-state index contributed by atoms with van der Waals surface area (Å²) in [5.41, 5.74) is 0. The first-order chi connectivity index (χ1) is 13.4. The molecule has 0 aliphatic rings. The Hall–Kier alpha value is -0.250. The number of hydrogen-bond donors (Lipinski definition) is 0. The largest absolute Gasteiger partial charge is 0.494 e. The van der Waals surface area contributed by atoms with Crippen LogP contribution in [0.3, 0.4) is 0 Å². The van der Waals surface area contributed by atoms with E-state index in [1.54, 1.807) is 0 Å². The van der Waals surface area contributed by atoms with E-state index in [2.05, 4.69) is 36.1 Å². The van der Waals surface area contributed by atoms with Crippen LogP contribution < -0.4 is 25.9 Å². The average molecular weight is 488 g/mol. The molecule has 0 saturated heterocycles. The Balaban J connectivity index is 1.75. The van der Waals surface area contributed by atoms with Gasteiger partial charge in [-0.2, -0.15) is 0 Å². The molecule has 2 heteroatoms. The van der Waals surface area contributed by atoms with E-state index in [0.29, 0.717) is 0 Å². The molecular formula is C25H44IO+. The van der Waals surface area contributed by atoms with E-state index in [4.69, 9.17) is 4.74 Å². The number of alkyl halides is 1. The van der Waals surface area contributed by atoms with Gasteiger partial charge < -0.3 is 4.74 Å². The van der Waals surface area contributed by atoms with Crippen LogP contribution >= 0.6 is 0 Å². The summed E-state index contributed by atoms with van der Waals surface area (Å²) in [4.78, 5) is 2.30. The minimum absolute atomic E-state index is 0.204. The molecule has 0 amide bonds. The first-order valence-electron chi connectivity index (χ1n) is 11.6. The summed E-state index contributed by atoms with van der Waals surface area (Å²) in [7, 11) is 0. The van der Waals surface area contributed by atoms with Crippen LogP contribution in [-0.2, 0) is 0 Å². The highest BCUT2D eigenvalue weighted by atomic mass is 127. The van der Waals surface area contributed by atoms with Gasteiger partial charge in [0, 0.05) is 0 Å². The number of benzene rings is 1. The number of unbranched alkanes of at least 4 members (excludes halogenated alkanes) is 15. The molecule has 27 heavy (non-hydrogen) atoms. The third kappa shape index (κ3) is 15.4. The second-order valence-electron chi connectivity index (χ2n) is 7.79. The van der Waals surface area contributed by atoms with Crippen LogP contribution in [0.4, 0.5) is 0 Å². The molecule has 0 spiro atoms. The molecule has 0 fully saturated rings. The summed E-state index contributed by atoms with van der Waals surface area (Å²) in [5, 5.41) is 0. The van der Waals surface area contributed by atoms with Gasteiger partial charge in [-0.25, -0.2) is 0 Å². The van der Waals surface area contributed by atoms with Crippen LogP contribution in [0.1, 0.15) is 110 Å². The molecule has 0 aromatic heterocycles. The molecule has 0 bridgehead atoms. The van der Waals surface area contributed by atoms with Gasteiger partial charge in [0.1, 0.15) is 10.7 Å². The molecule has 0 unspecified atom stereocenters. The van der Waals surface area contributed by atoms with Crippen LogP contribution in [0, 0.1) is 3.57 Å². The lowest BCUT2D eigenvalue weighted by Gasteiger charge is -2.06. The summed E-state index contributed by atoms with van der Waals surface area (Å²) >= 11 is 0.204. The molecule has 0 heterocycles. The van der Waals surface area contributed by atoms with E-state index < -0.39 is 0 Å². The molecule has 0 radical (unpaired) electrons. The molecule has 0 aliphatic heterocycles. The second-order valence-corrected chi connectivity index (χ2v) is 10.1. The molecule has 1 nitrogen and oxygen atoms in total. The van der Waals surface area contributed by atoms with Crippen molar-refractivity contribution in [1.82, 2.24) is 0 Å². The van der Waals surface area contributed by atoms with Crippen LogP contribution in [0.15, 0.2) is 24.3 Å². The van der Waals surface area contributed by atoms with Crippen molar-refractivity contribution in [2.24, 2.45) is 0 Å². The highest BCUT2D eigenvalue weighted by molar-refractivity contribution is 5.20. The van der Waals surface area contributed by atoms with Gasteiger partial charge in [-0.3, -0.25) is 0 Å². The summed E-state index contributed by atoms with van der Waals surface area (Å²) < 4.78 is 7.33. The van der Waals surface area contributed by atoms with Crippen molar-refractivity contribution in [3.63, 3.8) is 0 Å². The Bertz CT molecular complexity index is 415.